The van der Waals surface area contributed by atoms with Crippen molar-refractivity contribution >= 4 is 29.7 Å². The van der Waals surface area contributed by atoms with Gasteiger partial charge in [-0.1, -0.05) is 104 Å². The second kappa shape index (κ2) is 13.7. The Morgan fingerprint density at radius 1 is 0.605 bits per heavy atom. The van der Waals surface area contributed by atoms with Crippen molar-refractivity contribution in [1.82, 2.24) is 0 Å². The lowest BCUT2D eigenvalue weighted by molar-refractivity contribution is 0.0727. The van der Waals surface area contributed by atoms with E-state index in [1.165, 1.54) is 32.0 Å². The normalized spacial score (nSPS) is 20.3. The van der Waals surface area contributed by atoms with Gasteiger partial charge in [0.25, 0.3) is 0 Å². The van der Waals surface area contributed by atoms with Crippen LogP contribution >= 0.6 is 21.6 Å². The fourth-order valence-electron chi connectivity index (χ4n) is 5.36. The van der Waals surface area contributed by atoms with Gasteiger partial charge in [0.15, 0.2) is 0 Å². The third-order valence-electron chi connectivity index (χ3n) is 9.67. The van der Waals surface area contributed by atoms with E-state index in [1.807, 2.05) is 21.6 Å². The lowest BCUT2D eigenvalue weighted by atomic mass is 9.86. The molecule has 43 heavy (non-hydrogen) atoms. The molecule has 3 aliphatic rings. The van der Waals surface area contributed by atoms with Gasteiger partial charge in [0.1, 0.15) is 24.7 Å². The maximum atomic E-state index is 6.41. The smallest absolute Gasteiger partial charge is 0.123 e. The van der Waals surface area contributed by atoms with Gasteiger partial charge in [-0.15, -0.1) is 0 Å². The van der Waals surface area contributed by atoms with Gasteiger partial charge >= 0.3 is 0 Å². The van der Waals surface area contributed by atoms with Gasteiger partial charge in [0, 0.05) is 34.1 Å². The second-order valence-electron chi connectivity index (χ2n) is 16.1. The summed E-state index contributed by atoms with van der Waals surface area (Å²) in [5, 5.41) is 0.131. The van der Waals surface area contributed by atoms with Crippen molar-refractivity contribution < 1.29 is 18.9 Å². The first-order valence-electron chi connectivity index (χ1n) is 15.7. The van der Waals surface area contributed by atoms with Crippen molar-refractivity contribution in [3.8, 4) is 11.5 Å². The van der Waals surface area contributed by atoms with Gasteiger partial charge in [-0.05, 0) is 70.1 Å². The Hall–Kier alpha value is -1.12. The molecule has 0 atom stereocenters. The fourth-order valence-corrected chi connectivity index (χ4v) is 10.6. The Morgan fingerprint density at radius 3 is 1.28 bits per heavy atom. The third kappa shape index (κ3) is 8.78. The summed E-state index contributed by atoms with van der Waals surface area (Å²) in [5.74, 6) is 1.92. The maximum Gasteiger partial charge on any atom is 0.123 e. The molecule has 0 amide bonds. The summed E-state index contributed by atoms with van der Waals surface area (Å²) in [7, 11) is 1.82. The number of hydrogen-bond acceptors (Lipinski definition) is 6. The molecule has 5 rings (SSSR count). The second-order valence-corrected chi connectivity index (χ2v) is 24.3. The molecule has 3 aliphatic heterocycles. The Kier molecular flexibility index (Phi) is 11.6. The van der Waals surface area contributed by atoms with Gasteiger partial charge in [-0.2, -0.15) is 0 Å². The fraction of sp³-hybridized carbons (Fsp3) is 0.667. The molecule has 3 heterocycles. The Bertz CT molecular complexity index is 1160. The minimum atomic E-state index is -1.83. The molecule has 4 nitrogen and oxygen atoms in total. The van der Waals surface area contributed by atoms with Crippen LogP contribution in [0.15, 0.2) is 34.1 Å². The van der Waals surface area contributed by atoms with Crippen LogP contribution in [0.3, 0.4) is 0 Å². The zero-order valence-corrected chi connectivity index (χ0v) is 32.1. The van der Waals surface area contributed by atoms with Gasteiger partial charge in [0.2, 0.25) is 0 Å². The lowest BCUT2D eigenvalue weighted by Gasteiger charge is -2.50. The van der Waals surface area contributed by atoms with E-state index < -0.39 is 8.07 Å². The first-order valence-corrected chi connectivity index (χ1v) is 20.9. The molecule has 0 unspecified atom stereocenters. The molecule has 242 valence electrons. The summed E-state index contributed by atoms with van der Waals surface area (Å²) >= 11 is 0. The van der Waals surface area contributed by atoms with Crippen molar-refractivity contribution in [3.63, 3.8) is 0 Å². The molecular formula is C36H58O4S2Si. The maximum absolute atomic E-state index is 6.41. The molecule has 7 heteroatoms. The summed E-state index contributed by atoms with van der Waals surface area (Å²) in [5.41, 5.74) is 4.82. The number of hydrogen-bond donors (Lipinski definition) is 0. The summed E-state index contributed by atoms with van der Waals surface area (Å²) < 4.78 is 25.4. The van der Waals surface area contributed by atoms with E-state index in [0.29, 0.717) is 39.6 Å². The minimum Gasteiger partial charge on any atom is -0.491 e. The molecule has 0 saturated carbocycles. The van der Waals surface area contributed by atoms with Crippen LogP contribution in [0.4, 0.5) is 0 Å². The first kappa shape index (κ1) is 36.3. The van der Waals surface area contributed by atoms with Crippen molar-refractivity contribution in [1.29, 1.82) is 0 Å². The summed E-state index contributed by atoms with van der Waals surface area (Å²) in [4.78, 5) is 2.53. The van der Waals surface area contributed by atoms with Crippen LogP contribution in [-0.4, -0.2) is 47.7 Å². The molecule has 2 aromatic carbocycles. The number of fused-ring (bicyclic) bond motifs is 2. The van der Waals surface area contributed by atoms with E-state index in [9.17, 15) is 0 Å². The van der Waals surface area contributed by atoms with E-state index in [-0.39, 0.29) is 20.9 Å². The Labute approximate surface area is 272 Å². The van der Waals surface area contributed by atoms with Gasteiger partial charge in [0.05, 0.1) is 21.3 Å². The van der Waals surface area contributed by atoms with Crippen LogP contribution in [0.2, 0.25) is 23.2 Å². The quantitative estimate of drug-likeness (QED) is 0.209. The summed E-state index contributed by atoms with van der Waals surface area (Å²) in [6.45, 7) is 36.0. The van der Waals surface area contributed by atoms with Crippen molar-refractivity contribution in [2.24, 2.45) is 0 Å². The monoisotopic (exact) mass is 646 g/mol. The Balaban J connectivity index is 2.01. The number of aryl methyl sites for hydroxylation is 2. The molecule has 2 aromatic rings. The molecule has 0 N–H and O–H groups in total. The van der Waals surface area contributed by atoms with Crippen LogP contribution in [-0.2, 0) is 20.3 Å². The van der Waals surface area contributed by atoms with Gasteiger partial charge < -0.3 is 18.9 Å². The molecule has 0 fully saturated rings. The predicted octanol–water partition coefficient (Wildman–Crippen LogP) is 10.8. The predicted molar refractivity (Wildman–Crippen MR) is 190 cm³/mol. The van der Waals surface area contributed by atoms with E-state index in [2.05, 4.69) is 120 Å². The van der Waals surface area contributed by atoms with Crippen LogP contribution < -0.4 is 9.47 Å². The molecule has 0 saturated heterocycles. The topological polar surface area (TPSA) is 36.9 Å². The van der Waals surface area contributed by atoms with Crippen molar-refractivity contribution in [2.45, 2.75) is 127 Å². The minimum absolute atomic E-state index is 0.0459. The highest BCUT2D eigenvalue weighted by atomic mass is 33.1. The zero-order valence-electron chi connectivity index (χ0n) is 29.5. The Morgan fingerprint density at radius 2 is 0.953 bits per heavy atom. The highest BCUT2D eigenvalue weighted by Gasteiger charge is 2.50. The van der Waals surface area contributed by atoms with E-state index >= 15 is 0 Å². The molecule has 0 aliphatic carbocycles. The van der Waals surface area contributed by atoms with Crippen LogP contribution in [0, 0.1) is 13.8 Å². The van der Waals surface area contributed by atoms with Gasteiger partial charge in [-0.25, -0.2) is 0 Å². The van der Waals surface area contributed by atoms with Crippen LogP contribution in [0.5, 0.6) is 11.5 Å². The van der Waals surface area contributed by atoms with Crippen molar-refractivity contribution in [2.75, 3.05) is 39.6 Å². The summed E-state index contributed by atoms with van der Waals surface area (Å²) in [6.07, 6.45) is 0. The van der Waals surface area contributed by atoms with Crippen LogP contribution in [0.25, 0.3) is 0 Å². The van der Waals surface area contributed by atoms with Crippen molar-refractivity contribution in [3.05, 3.63) is 46.5 Å². The molecule has 4 bridgehead atoms. The van der Waals surface area contributed by atoms with E-state index in [0.717, 1.165) is 11.5 Å². The summed E-state index contributed by atoms with van der Waals surface area (Å²) in [6, 6.07) is 9.09. The SMILES string of the molecule is Cc1cc2c(C(C)(C)C)cc1SSc1cc(C(C)(C)C)c(cc1C)OCCOCC(C)(C)[Si](C)(C)C(C)(C)COCCO2. The third-order valence-corrected chi connectivity index (χ3v) is 19.4. The average molecular weight is 647 g/mol. The highest BCUT2D eigenvalue weighted by molar-refractivity contribution is 8.76. The molecule has 0 spiro atoms. The van der Waals surface area contributed by atoms with Crippen LogP contribution in [0.1, 0.15) is 91.5 Å². The molecular weight excluding hydrogens is 589 g/mol. The molecule has 0 radical (unpaired) electrons. The standard InChI is InChI=1S/C36H58O4S2Si/c1-25-19-29-27(33(3,4)5)21-31(25)41-42-32-22-28(34(6,7)8)30(20-26(32)2)40-18-16-38-24-36(11,12)43(13,14)35(9,10)23-37-15-17-39-29/h19-22H,15-18,23-24H2,1-14H3. The highest BCUT2D eigenvalue weighted by Crippen LogP contribution is 2.52. The number of ether oxygens (including phenoxy) is 4. The average Bonchev–Trinajstić information content (AvgIpc) is 2.86. The zero-order chi connectivity index (χ0) is 32.4. The van der Waals surface area contributed by atoms with Gasteiger partial charge in [-0.3, -0.25) is 0 Å². The largest absolute Gasteiger partial charge is 0.491 e. The lowest BCUT2D eigenvalue weighted by Crippen LogP contribution is -2.52. The first-order chi connectivity index (χ1) is 19.7. The number of rotatable bonds is 0. The van der Waals surface area contributed by atoms with E-state index in [4.69, 9.17) is 18.9 Å². The van der Waals surface area contributed by atoms with E-state index in [1.54, 1.807) is 0 Å². The molecule has 0 aromatic heterocycles. The number of benzene rings is 2.